The van der Waals surface area contributed by atoms with Crippen LogP contribution in [0.15, 0.2) is 49.1 Å². The van der Waals surface area contributed by atoms with E-state index in [1.54, 1.807) is 13.2 Å². The van der Waals surface area contributed by atoms with Crippen LogP contribution < -0.4 is 9.16 Å². The molecule has 0 aliphatic heterocycles. The second-order valence-electron chi connectivity index (χ2n) is 6.75. The number of hydrogen-bond acceptors (Lipinski definition) is 2. The normalized spacial score (nSPS) is 12.8. The zero-order valence-corrected chi connectivity index (χ0v) is 15.6. The van der Waals surface area contributed by atoms with Crippen LogP contribution in [0.1, 0.15) is 26.3 Å². The van der Waals surface area contributed by atoms with E-state index >= 15 is 0 Å². The van der Waals surface area contributed by atoms with E-state index < -0.39 is 8.32 Å². The van der Waals surface area contributed by atoms with Gasteiger partial charge in [0.2, 0.25) is 0 Å². The molecule has 120 valence electrons. The average Bonchev–Trinajstić information content (AvgIpc) is 2.43. The second kappa shape index (κ2) is 7.50. The Morgan fingerprint density at radius 3 is 2.27 bits per heavy atom. The summed E-state index contributed by atoms with van der Waals surface area (Å²) in [6.45, 7) is 14.8. The highest BCUT2D eigenvalue weighted by atomic mass is 28.4. The molecular formula is C19H28O2Si. The summed E-state index contributed by atoms with van der Waals surface area (Å²) in [6, 6.07) is 6.04. The molecular weight excluding hydrogens is 288 g/mol. The molecule has 0 atom stereocenters. The maximum atomic E-state index is 6.35. The van der Waals surface area contributed by atoms with Crippen molar-refractivity contribution in [1.82, 2.24) is 0 Å². The topological polar surface area (TPSA) is 18.5 Å². The van der Waals surface area contributed by atoms with Gasteiger partial charge in [-0.05, 0) is 35.8 Å². The highest BCUT2D eigenvalue weighted by Crippen LogP contribution is 2.40. The number of methoxy groups -OCH3 is 1. The first kappa shape index (κ1) is 18.3. The lowest BCUT2D eigenvalue weighted by molar-refractivity contribution is 0.386. The molecule has 2 nitrogen and oxygen atoms in total. The highest BCUT2D eigenvalue weighted by molar-refractivity contribution is 6.74. The average molecular weight is 317 g/mol. The van der Waals surface area contributed by atoms with Gasteiger partial charge >= 0.3 is 0 Å². The van der Waals surface area contributed by atoms with E-state index in [-0.39, 0.29) is 5.04 Å². The fourth-order valence-electron chi connectivity index (χ4n) is 1.61. The van der Waals surface area contributed by atoms with Crippen molar-refractivity contribution in [2.75, 3.05) is 7.11 Å². The summed E-state index contributed by atoms with van der Waals surface area (Å²) in [7, 11) is -0.188. The highest BCUT2D eigenvalue weighted by Gasteiger charge is 2.39. The zero-order chi connectivity index (χ0) is 16.8. The molecule has 0 saturated heterocycles. The van der Waals surface area contributed by atoms with Crippen molar-refractivity contribution in [3.05, 3.63) is 54.6 Å². The van der Waals surface area contributed by atoms with Crippen LogP contribution in [0.3, 0.4) is 0 Å². The molecule has 0 aliphatic carbocycles. The predicted molar refractivity (Wildman–Crippen MR) is 99.2 cm³/mol. The minimum atomic E-state index is -1.87. The fraction of sp³-hybridized carbons (Fsp3) is 0.368. The van der Waals surface area contributed by atoms with E-state index in [0.717, 1.165) is 17.1 Å². The minimum absolute atomic E-state index is 0.159. The van der Waals surface area contributed by atoms with Crippen LogP contribution in [0.2, 0.25) is 18.1 Å². The van der Waals surface area contributed by atoms with Crippen molar-refractivity contribution in [3.8, 4) is 11.5 Å². The van der Waals surface area contributed by atoms with Gasteiger partial charge in [0.15, 0.2) is 5.75 Å². The van der Waals surface area contributed by atoms with Gasteiger partial charge in [0.05, 0.1) is 7.11 Å². The van der Waals surface area contributed by atoms with E-state index in [0.29, 0.717) is 0 Å². The summed E-state index contributed by atoms with van der Waals surface area (Å²) in [5, 5.41) is 0.159. The molecule has 1 rings (SSSR count). The molecule has 22 heavy (non-hydrogen) atoms. The summed E-state index contributed by atoms with van der Waals surface area (Å²) >= 11 is 0. The Hall–Kier alpha value is -1.74. The number of ether oxygens (including phenoxy) is 1. The Morgan fingerprint density at radius 2 is 1.73 bits per heavy atom. The SMILES string of the molecule is C=CC=CC=Cc1ccc(O[Si](C)(C)C(C)(C)C)c(OC)c1. The molecule has 0 unspecified atom stereocenters. The molecule has 1 aromatic carbocycles. The van der Waals surface area contributed by atoms with Crippen molar-refractivity contribution in [2.45, 2.75) is 38.9 Å². The summed E-state index contributed by atoms with van der Waals surface area (Å²) < 4.78 is 11.9. The first-order chi connectivity index (χ1) is 10.2. The van der Waals surface area contributed by atoms with Gasteiger partial charge in [0.25, 0.3) is 8.32 Å². The maximum absolute atomic E-state index is 6.35. The quantitative estimate of drug-likeness (QED) is 0.485. The predicted octanol–water partition coefficient (Wildman–Crippen LogP) is 5.83. The monoisotopic (exact) mass is 316 g/mol. The Labute approximate surface area is 136 Å². The van der Waals surface area contributed by atoms with Gasteiger partial charge in [0, 0.05) is 0 Å². The van der Waals surface area contributed by atoms with E-state index in [2.05, 4.69) is 40.4 Å². The molecule has 0 fully saturated rings. The lowest BCUT2D eigenvalue weighted by Crippen LogP contribution is -2.43. The number of rotatable bonds is 6. The van der Waals surface area contributed by atoms with Crippen LogP contribution in [0, 0.1) is 0 Å². The molecule has 0 aromatic heterocycles. The summed E-state index contributed by atoms with van der Waals surface area (Å²) in [4.78, 5) is 0. The standard InChI is InChI=1S/C19H28O2Si/c1-8-9-10-11-12-16-13-14-17(18(15-16)20-5)21-22(6,7)19(2,3)4/h8-15H,1H2,2-7H3. The maximum Gasteiger partial charge on any atom is 0.250 e. The van der Waals surface area contributed by atoms with Gasteiger partial charge in [-0.3, -0.25) is 0 Å². The van der Waals surface area contributed by atoms with Gasteiger partial charge < -0.3 is 9.16 Å². The molecule has 0 N–H and O–H groups in total. The van der Waals surface area contributed by atoms with E-state index in [9.17, 15) is 0 Å². The zero-order valence-electron chi connectivity index (χ0n) is 14.6. The van der Waals surface area contributed by atoms with Crippen LogP contribution >= 0.6 is 0 Å². The molecule has 0 aliphatic rings. The third kappa shape index (κ3) is 4.92. The molecule has 0 radical (unpaired) electrons. The molecule has 0 spiro atoms. The van der Waals surface area contributed by atoms with Crippen molar-refractivity contribution in [2.24, 2.45) is 0 Å². The summed E-state index contributed by atoms with van der Waals surface area (Å²) in [5.41, 5.74) is 1.08. The molecule has 0 heterocycles. The Kier molecular flexibility index (Phi) is 6.24. The lowest BCUT2D eigenvalue weighted by Gasteiger charge is -2.36. The smallest absolute Gasteiger partial charge is 0.250 e. The van der Waals surface area contributed by atoms with Crippen LogP contribution in [0.4, 0.5) is 0 Å². The Balaban J connectivity index is 3.02. The number of benzene rings is 1. The van der Waals surface area contributed by atoms with Crippen LogP contribution in [0.25, 0.3) is 6.08 Å². The van der Waals surface area contributed by atoms with Crippen LogP contribution in [-0.4, -0.2) is 15.4 Å². The third-order valence-corrected chi connectivity index (χ3v) is 8.35. The van der Waals surface area contributed by atoms with Gasteiger partial charge in [-0.25, -0.2) is 0 Å². The van der Waals surface area contributed by atoms with Crippen molar-refractivity contribution < 1.29 is 9.16 Å². The number of hydrogen-bond donors (Lipinski definition) is 0. The third-order valence-electron chi connectivity index (χ3n) is 4.01. The minimum Gasteiger partial charge on any atom is -0.541 e. The Bertz CT molecular complexity index is 563. The Morgan fingerprint density at radius 1 is 1.05 bits per heavy atom. The fourth-order valence-corrected chi connectivity index (χ4v) is 2.63. The summed E-state index contributed by atoms with van der Waals surface area (Å²) in [5.74, 6) is 1.60. The van der Waals surface area contributed by atoms with E-state index in [1.165, 1.54) is 0 Å². The van der Waals surface area contributed by atoms with Crippen molar-refractivity contribution in [3.63, 3.8) is 0 Å². The molecule has 0 saturated carbocycles. The van der Waals surface area contributed by atoms with E-state index in [1.807, 2.05) is 42.5 Å². The van der Waals surface area contributed by atoms with Crippen LogP contribution in [0.5, 0.6) is 11.5 Å². The van der Waals surface area contributed by atoms with Gasteiger partial charge in [-0.15, -0.1) is 0 Å². The first-order valence-electron chi connectivity index (χ1n) is 7.54. The molecule has 3 heteroatoms. The largest absolute Gasteiger partial charge is 0.541 e. The van der Waals surface area contributed by atoms with Crippen molar-refractivity contribution in [1.29, 1.82) is 0 Å². The number of allylic oxidation sites excluding steroid dienone is 4. The van der Waals surface area contributed by atoms with Gasteiger partial charge in [-0.2, -0.15) is 0 Å². The summed E-state index contributed by atoms with van der Waals surface area (Å²) in [6.07, 6.45) is 9.59. The lowest BCUT2D eigenvalue weighted by atomic mass is 10.2. The molecule has 0 bridgehead atoms. The van der Waals surface area contributed by atoms with Gasteiger partial charge in [0.1, 0.15) is 5.75 Å². The van der Waals surface area contributed by atoms with Gasteiger partial charge in [-0.1, -0.05) is 63.8 Å². The molecule has 0 amide bonds. The second-order valence-corrected chi connectivity index (χ2v) is 11.5. The first-order valence-corrected chi connectivity index (χ1v) is 10.4. The van der Waals surface area contributed by atoms with Crippen LogP contribution in [-0.2, 0) is 0 Å². The van der Waals surface area contributed by atoms with E-state index in [4.69, 9.17) is 9.16 Å². The molecule has 1 aromatic rings. The van der Waals surface area contributed by atoms with Crippen molar-refractivity contribution >= 4 is 14.4 Å².